The molecule has 0 saturated heterocycles. The first-order chi connectivity index (χ1) is 6.81. The molecule has 0 saturated carbocycles. The van der Waals surface area contributed by atoms with Gasteiger partial charge < -0.3 is 0 Å². The standard InChI is InChI=1S/C11H23BrO2S/c1-9(2)11(4)15(13,14)8-6-10(3)5-7-12/h9-11H,5-8H2,1-4H3. The van der Waals surface area contributed by atoms with Crippen LogP contribution in [0.2, 0.25) is 0 Å². The summed E-state index contributed by atoms with van der Waals surface area (Å²) in [6.45, 7) is 7.85. The van der Waals surface area contributed by atoms with Crippen LogP contribution in [0.25, 0.3) is 0 Å². The van der Waals surface area contributed by atoms with E-state index in [-0.39, 0.29) is 11.2 Å². The van der Waals surface area contributed by atoms with Crippen LogP contribution in [0.4, 0.5) is 0 Å². The second-order valence-electron chi connectivity index (χ2n) is 4.69. The van der Waals surface area contributed by atoms with Gasteiger partial charge in [0, 0.05) is 5.33 Å². The number of alkyl halides is 1. The molecular weight excluding hydrogens is 276 g/mol. The zero-order chi connectivity index (χ0) is 12.1. The smallest absolute Gasteiger partial charge is 0.153 e. The number of halogens is 1. The van der Waals surface area contributed by atoms with Gasteiger partial charge in [0.1, 0.15) is 0 Å². The monoisotopic (exact) mass is 298 g/mol. The highest BCUT2D eigenvalue weighted by molar-refractivity contribution is 9.09. The topological polar surface area (TPSA) is 34.1 Å². The lowest BCUT2D eigenvalue weighted by Gasteiger charge is -2.17. The molecular formula is C11H23BrO2S. The van der Waals surface area contributed by atoms with Crippen LogP contribution < -0.4 is 0 Å². The summed E-state index contributed by atoms with van der Waals surface area (Å²) in [7, 11) is -2.89. The Kier molecular flexibility index (Phi) is 7.09. The van der Waals surface area contributed by atoms with Crippen LogP contribution in [0, 0.1) is 11.8 Å². The van der Waals surface area contributed by atoms with Crippen molar-refractivity contribution in [2.24, 2.45) is 11.8 Å². The molecule has 0 rings (SSSR count). The summed E-state index contributed by atoms with van der Waals surface area (Å²) >= 11 is 3.37. The Morgan fingerprint density at radius 3 is 2.00 bits per heavy atom. The molecule has 2 atom stereocenters. The fourth-order valence-corrected chi connectivity index (χ4v) is 4.01. The van der Waals surface area contributed by atoms with Crippen LogP contribution >= 0.6 is 15.9 Å². The van der Waals surface area contributed by atoms with Gasteiger partial charge in [-0.3, -0.25) is 0 Å². The fourth-order valence-electron chi connectivity index (χ4n) is 1.30. The number of hydrogen-bond donors (Lipinski definition) is 0. The second kappa shape index (κ2) is 6.89. The number of rotatable bonds is 7. The van der Waals surface area contributed by atoms with E-state index in [9.17, 15) is 8.42 Å². The van der Waals surface area contributed by atoms with Crippen LogP contribution in [0.15, 0.2) is 0 Å². The minimum Gasteiger partial charge on any atom is -0.229 e. The van der Waals surface area contributed by atoms with E-state index in [0.717, 1.165) is 18.2 Å². The minimum absolute atomic E-state index is 0.210. The predicted molar refractivity (Wildman–Crippen MR) is 70.3 cm³/mol. The summed E-state index contributed by atoms with van der Waals surface area (Å²) in [6.07, 6.45) is 1.83. The van der Waals surface area contributed by atoms with Gasteiger partial charge in [0.15, 0.2) is 9.84 Å². The van der Waals surface area contributed by atoms with Crippen molar-refractivity contribution < 1.29 is 8.42 Å². The molecule has 0 N–H and O–H groups in total. The third kappa shape index (κ3) is 5.91. The molecule has 2 unspecified atom stereocenters. The van der Waals surface area contributed by atoms with Crippen molar-refractivity contribution in [2.45, 2.75) is 45.8 Å². The van der Waals surface area contributed by atoms with E-state index < -0.39 is 9.84 Å². The maximum Gasteiger partial charge on any atom is 0.153 e. The molecule has 0 heterocycles. The first-order valence-electron chi connectivity index (χ1n) is 5.58. The molecule has 0 amide bonds. The quantitative estimate of drug-likeness (QED) is 0.676. The van der Waals surface area contributed by atoms with E-state index in [4.69, 9.17) is 0 Å². The highest BCUT2D eigenvalue weighted by atomic mass is 79.9. The maximum atomic E-state index is 11.9. The summed E-state index contributed by atoms with van der Waals surface area (Å²) in [5.41, 5.74) is 0. The summed E-state index contributed by atoms with van der Waals surface area (Å²) in [6, 6.07) is 0. The largest absolute Gasteiger partial charge is 0.229 e. The third-order valence-corrected chi connectivity index (χ3v) is 5.94. The van der Waals surface area contributed by atoms with Crippen molar-refractivity contribution in [3.8, 4) is 0 Å². The van der Waals surface area contributed by atoms with E-state index in [1.54, 1.807) is 0 Å². The Balaban J connectivity index is 4.16. The van der Waals surface area contributed by atoms with Gasteiger partial charge in [0.05, 0.1) is 11.0 Å². The molecule has 0 bridgehead atoms. The summed E-state index contributed by atoms with van der Waals surface area (Å²) < 4.78 is 23.7. The van der Waals surface area contributed by atoms with Gasteiger partial charge in [0.25, 0.3) is 0 Å². The van der Waals surface area contributed by atoms with Crippen LogP contribution in [0.3, 0.4) is 0 Å². The Morgan fingerprint density at radius 1 is 1.07 bits per heavy atom. The van der Waals surface area contributed by atoms with Gasteiger partial charge in [-0.05, 0) is 31.6 Å². The Morgan fingerprint density at radius 2 is 1.60 bits per heavy atom. The molecule has 0 aliphatic heterocycles. The number of hydrogen-bond acceptors (Lipinski definition) is 2. The SMILES string of the molecule is CC(CCBr)CCS(=O)(=O)C(C)C(C)C. The van der Waals surface area contributed by atoms with Crippen LogP contribution in [-0.2, 0) is 9.84 Å². The Hall–Kier alpha value is 0.430. The van der Waals surface area contributed by atoms with Crippen molar-refractivity contribution in [3.63, 3.8) is 0 Å². The van der Waals surface area contributed by atoms with Gasteiger partial charge in [-0.15, -0.1) is 0 Å². The average molecular weight is 299 g/mol. The van der Waals surface area contributed by atoms with Crippen LogP contribution in [-0.4, -0.2) is 24.8 Å². The zero-order valence-electron chi connectivity index (χ0n) is 10.2. The Labute approximate surface area is 103 Å². The molecule has 0 aromatic rings. The van der Waals surface area contributed by atoms with Gasteiger partial charge in [-0.2, -0.15) is 0 Å². The molecule has 0 aliphatic rings. The van der Waals surface area contributed by atoms with E-state index in [1.165, 1.54) is 0 Å². The first-order valence-corrected chi connectivity index (χ1v) is 8.42. The van der Waals surface area contributed by atoms with E-state index >= 15 is 0 Å². The second-order valence-corrected chi connectivity index (χ2v) is 7.96. The molecule has 15 heavy (non-hydrogen) atoms. The first kappa shape index (κ1) is 15.4. The highest BCUT2D eigenvalue weighted by Gasteiger charge is 2.23. The summed E-state index contributed by atoms with van der Waals surface area (Å²) in [5.74, 6) is 1.03. The van der Waals surface area contributed by atoms with Gasteiger partial charge in [-0.25, -0.2) is 8.42 Å². The molecule has 0 radical (unpaired) electrons. The lowest BCUT2D eigenvalue weighted by atomic mass is 10.1. The molecule has 0 spiro atoms. The van der Waals surface area contributed by atoms with Gasteiger partial charge >= 0.3 is 0 Å². The number of sulfone groups is 1. The Bertz CT molecular complexity index is 260. The highest BCUT2D eigenvalue weighted by Crippen LogP contribution is 2.17. The lowest BCUT2D eigenvalue weighted by molar-refractivity contribution is 0.517. The molecule has 92 valence electrons. The molecule has 2 nitrogen and oxygen atoms in total. The lowest BCUT2D eigenvalue weighted by Crippen LogP contribution is -2.26. The van der Waals surface area contributed by atoms with Crippen molar-refractivity contribution in [1.82, 2.24) is 0 Å². The minimum atomic E-state index is -2.89. The third-order valence-electron chi connectivity index (χ3n) is 3.00. The summed E-state index contributed by atoms with van der Waals surface area (Å²) in [5, 5.41) is 0.738. The molecule has 0 aromatic heterocycles. The fraction of sp³-hybridized carbons (Fsp3) is 1.00. The summed E-state index contributed by atoms with van der Waals surface area (Å²) in [4.78, 5) is 0. The van der Waals surface area contributed by atoms with E-state index in [2.05, 4.69) is 22.9 Å². The van der Waals surface area contributed by atoms with E-state index in [0.29, 0.717) is 11.7 Å². The molecule has 0 aliphatic carbocycles. The molecule has 4 heteroatoms. The average Bonchev–Trinajstić information content (AvgIpc) is 2.14. The van der Waals surface area contributed by atoms with Crippen LogP contribution in [0.1, 0.15) is 40.5 Å². The van der Waals surface area contributed by atoms with Crippen molar-refractivity contribution >= 4 is 25.8 Å². The zero-order valence-corrected chi connectivity index (χ0v) is 12.6. The molecule has 0 aromatic carbocycles. The normalized spacial score (nSPS) is 16.7. The predicted octanol–water partition coefficient (Wildman–Crippen LogP) is 3.26. The van der Waals surface area contributed by atoms with E-state index in [1.807, 2.05) is 20.8 Å². The van der Waals surface area contributed by atoms with Crippen LogP contribution in [0.5, 0.6) is 0 Å². The van der Waals surface area contributed by atoms with Gasteiger partial charge in [0.2, 0.25) is 0 Å². The van der Waals surface area contributed by atoms with Crippen molar-refractivity contribution in [1.29, 1.82) is 0 Å². The maximum absolute atomic E-state index is 11.9. The van der Waals surface area contributed by atoms with Gasteiger partial charge in [-0.1, -0.05) is 36.7 Å². The van der Waals surface area contributed by atoms with Crippen molar-refractivity contribution in [2.75, 3.05) is 11.1 Å². The van der Waals surface area contributed by atoms with Crippen molar-refractivity contribution in [3.05, 3.63) is 0 Å². The molecule has 0 fully saturated rings.